The Bertz CT molecular complexity index is 1370. The molecule has 0 aliphatic carbocycles. The smallest absolute Gasteiger partial charge is 0.317 e. The predicted molar refractivity (Wildman–Crippen MR) is 134 cm³/mol. The Morgan fingerprint density at radius 3 is 2.31 bits per heavy atom. The molecule has 2 aromatic carbocycles. The van der Waals surface area contributed by atoms with Crippen molar-refractivity contribution >= 4 is 22.9 Å². The summed E-state index contributed by atoms with van der Waals surface area (Å²) in [6.07, 6.45) is -7.02. The molecule has 3 N–H and O–H groups in total. The van der Waals surface area contributed by atoms with Crippen LogP contribution in [0.3, 0.4) is 0 Å². The van der Waals surface area contributed by atoms with Crippen LogP contribution in [0.4, 0.5) is 0 Å². The summed E-state index contributed by atoms with van der Waals surface area (Å²) in [5.41, 5.74) is 0.921. The van der Waals surface area contributed by atoms with Crippen LogP contribution in [0.5, 0.6) is 11.5 Å². The van der Waals surface area contributed by atoms with Crippen molar-refractivity contribution in [3.63, 3.8) is 0 Å². The summed E-state index contributed by atoms with van der Waals surface area (Å²) in [6, 6.07) is 11.3. The van der Waals surface area contributed by atoms with E-state index in [0.29, 0.717) is 16.9 Å². The summed E-state index contributed by atoms with van der Waals surface area (Å²) in [6.45, 7) is 1.16. The molecule has 4 rings (SSSR count). The highest BCUT2D eigenvalue weighted by Gasteiger charge is 2.45. The number of carbonyl (C=O) groups is 2. The maximum Gasteiger partial charge on any atom is 0.317 e. The van der Waals surface area contributed by atoms with Crippen LogP contribution >= 0.6 is 0 Å². The van der Waals surface area contributed by atoms with Crippen molar-refractivity contribution in [1.82, 2.24) is 0 Å². The molecule has 1 aliphatic rings. The standard InChI is InChI=1S/C27H28O12/c1-3-35-21(28)11-22(29)37-13-20-24(31)25(32)26(33)27(39-20)38-16-8-9-17-19(10-16)36-12-18(23(17)30)14-4-6-15(34-2)7-5-14/h4-10,12,20,24-27,31-33H,3,11,13H2,1-2H3/t20-,24-,25+,26-,27-/m1/s1. The number of aliphatic hydroxyl groups is 3. The lowest BCUT2D eigenvalue weighted by Crippen LogP contribution is -2.60. The molecule has 39 heavy (non-hydrogen) atoms. The minimum absolute atomic E-state index is 0.0989. The monoisotopic (exact) mass is 544 g/mol. The van der Waals surface area contributed by atoms with E-state index in [1.165, 1.54) is 24.5 Å². The van der Waals surface area contributed by atoms with Gasteiger partial charge in [0.05, 0.1) is 24.7 Å². The third-order valence-corrected chi connectivity index (χ3v) is 6.07. The van der Waals surface area contributed by atoms with Gasteiger partial charge in [-0.25, -0.2) is 0 Å². The SMILES string of the molecule is CCOC(=O)CC(=O)OC[C@H]1O[C@@H](Oc2ccc3c(=O)c(-c4ccc(OC)cc4)coc3c2)[C@H](O)[C@@H](O)[C@@H]1O. The molecule has 2 heterocycles. The molecule has 1 aromatic heterocycles. The van der Waals surface area contributed by atoms with E-state index >= 15 is 0 Å². The average Bonchev–Trinajstić information content (AvgIpc) is 2.93. The zero-order valence-electron chi connectivity index (χ0n) is 21.1. The molecule has 1 fully saturated rings. The number of hydrogen-bond donors (Lipinski definition) is 3. The number of hydrogen-bond acceptors (Lipinski definition) is 12. The van der Waals surface area contributed by atoms with Crippen LogP contribution in [-0.2, 0) is 23.8 Å². The molecule has 208 valence electrons. The topological polar surface area (TPSA) is 171 Å². The van der Waals surface area contributed by atoms with E-state index < -0.39 is 55.7 Å². The van der Waals surface area contributed by atoms with Gasteiger partial charge in [0.2, 0.25) is 6.29 Å². The summed E-state index contributed by atoms with van der Waals surface area (Å²) in [7, 11) is 1.54. The lowest BCUT2D eigenvalue weighted by atomic mass is 9.99. The van der Waals surface area contributed by atoms with Gasteiger partial charge in [-0.15, -0.1) is 0 Å². The molecule has 12 nitrogen and oxygen atoms in total. The number of fused-ring (bicyclic) bond motifs is 1. The van der Waals surface area contributed by atoms with Crippen molar-refractivity contribution in [3.8, 4) is 22.6 Å². The van der Waals surface area contributed by atoms with E-state index in [-0.39, 0.29) is 28.8 Å². The number of carbonyl (C=O) groups excluding carboxylic acids is 2. The van der Waals surface area contributed by atoms with Gasteiger partial charge < -0.3 is 43.4 Å². The lowest BCUT2D eigenvalue weighted by Gasteiger charge is -2.39. The van der Waals surface area contributed by atoms with E-state index in [4.69, 9.17) is 23.4 Å². The molecule has 0 amide bonds. The van der Waals surface area contributed by atoms with Gasteiger partial charge in [-0.05, 0) is 36.8 Å². The Balaban J connectivity index is 1.47. The summed E-state index contributed by atoms with van der Waals surface area (Å²) >= 11 is 0. The van der Waals surface area contributed by atoms with Crippen LogP contribution in [-0.4, -0.2) is 78.3 Å². The highest BCUT2D eigenvalue weighted by molar-refractivity contribution is 5.91. The molecule has 3 aromatic rings. The number of esters is 2. The van der Waals surface area contributed by atoms with Crippen LogP contribution in [0.15, 0.2) is 57.9 Å². The molecule has 1 aliphatic heterocycles. The summed E-state index contributed by atoms with van der Waals surface area (Å²) in [5, 5.41) is 31.2. The minimum atomic E-state index is -1.69. The number of aliphatic hydroxyl groups excluding tert-OH is 3. The van der Waals surface area contributed by atoms with Gasteiger partial charge in [-0.2, -0.15) is 0 Å². The van der Waals surface area contributed by atoms with Crippen molar-refractivity contribution in [3.05, 3.63) is 59.0 Å². The molecule has 1 saturated heterocycles. The van der Waals surface area contributed by atoms with Crippen LogP contribution in [0.25, 0.3) is 22.1 Å². The van der Waals surface area contributed by atoms with E-state index in [1.807, 2.05) is 0 Å². The van der Waals surface area contributed by atoms with Gasteiger partial charge in [0.15, 0.2) is 5.43 Å². The Kier molecular flexibility index (Phi) is 8.82. The van der Waals surface area contributed by atoms with E-state index in [0.717, 1.165) is 0 Å². The fraction of sp³-hybridized carbons (Fsp3) is 0.370. The molecule has 0 radical (unpaired) electrons. The zero-order chi connectivity index (χ0) is 28.1. The second kappa shape index (κ2) is 12.3. The van der Waals surface area contributed by atoms with Gasteiger partial charge in [0, 0.05) is 6.07 Å². The van der Waals surface area contributed by atoms with Crippen molar-refractivity contribution in [2.24, 2.45) is 0 Å². The average molecular weight is 545 g/mol. The number of rotatable bonds is 9. The third-order valence-electron chi connectivity index (χ3n) is 6.07. The molecule has 0 saturated carbocycles. The number of benzene rings is 2. The van der Waals surface area contributed by atoms with Crippen LogP contribution in [0.2, 0.25) is 0 Å². The predicted octanol–water partition coefficient (Wildman–Crippen LogP) is 1.15. The largest absolute Gasteiger partial charge is 0.497 e. The quantitative estimate of drug-likeness (QED) is 0.260. The molecular formula is C27H28O12. The van der Waals surface area contributed by atoms with Crippen molar-refractivity contribution in [2.75, 3.05) is 20.3 Å². The van der Waals surface area contributed by atoms with E-state index in [9.17, 15) is 29.7 Å². The van der Waals surface area contributed by atoms with Crippen molar-refractivity contribution in [1.29, 1.82) is 0 Å². The minimum Gasteiger partial charge on any atom is -0.497 e. The molecular weight excluding hydrogens is 516 g/mol. The summed E-state index contributed by atoms with van der Waals surface area (Å²) in [4.78, 5) is 36.3. The van der Waals surface area contributed by atoms with E-state index in [2.05, 4.69) is 4.74 Å². The van der Waals surface area contributed by atoms with Gasteiger partial charge in [-0.3, -0.25) is 14.4 Å². The Labute approximate surface area is 222 Å². The second-order valence-corrected chi connectivity index (χ2v) is 8.66. The first-order valence-corrected chi connectivity index (χ1v) is 12.1. The van der Waals surface area contributed by atoms with Crippen LogP contribution in [0.1, 0.15) is 13.3 Å². The number of methoxy groups -OCH3 is 1. The normalized spacial score (nSPS) is 22.7. The third kappa shape index (κ3) is 6.37. The Morgan fingerprint density at radius 2 is 1.62 bits per heavy atom. The van der Waals surface area contributed by atoms with Gasteiger partial charge in [0.1, 0.15) is 60.8 Å². The van der Waals surface area contributed by atoms with Crippen molar-refractivity contribution in [2.45, 2.75) is 44.1 Å². The Morgan fingerprint density at radius 1 is 0.923 bits per heavy atom. The molecule has 5 atom stereocenters. The first-order chi connectivity index (χ1) is 18.7. The van der Waals surface area contributed by atoms with Crippen LogP contribution in [0, 0.1) is 0 Å². The zero-order valence-corrected chi connectivity index (χ0v) is 21.1. The first-order valence-electron chi connectivity index (χ1n) is 12.1. The van der Waals surface area contributed by atoms with Crippen molar-refractivity contribution < 1.29 is 53.0 Å². The highest BCUT2D eigenvalue weighted by Crippen LogP contribution is 2.28. The molecule has 12 heteroatoms. The summed E-state index contributed by atoms with van der Waals surface area (Å²) in [5.74, 6) is -0.912. The second-order valence-electron chi connectivity index (χ2n) is 8.66. The maximum absolute atomic E-state index is 13.1. The molecule has 0 bridgehead atoms. The van der Waals surface area contributed by atoms with E-state index in [1.54, 1.807) is 38.3 Å². The fourth-order valence-corrected chi connectivity index (χ4v) is 3.99. The van der Waals surface area contributed by atoms with Gasteiger partial charge in [-0.1, -0.05) is 12.1 Å². The summed E-state index contributed by atoms with van der Waals surface area (Å²) < 4.78 is 31.6. The lowest BCUT2D eigenvalue weighted by molar-refractivity contribution is -0.278. The Hall–Kier alpha value is -3.97. The highest BCUT2D eigenvalue weighted by atomic mass is 16.7. The van der Waals surface area contributed by atoms with Gasteiger partial charge >= 0.3 is 11.9 Å². The van der Waals surface area contributed by atoms with Gasteiger partial charge in [0.25, 0.3) is 0 Å². The molecule has 0 unspecified atom stereocenters. The number of ether oxygens (including phenoxy) is 5. The maximum atomic E-state index is 13.1. The first kappa shape index (κ1) is 28.0. The molecule has 0 spiro atoms. The fourth-order valence-electron chi connectivity index (χ4n) is 3.99. The van der Waals surface area contributed by atoms with Crippen LogP contribution < -0.4 is 14.9 Å².